The minimum atomic E-state index is -0.432. The standard InChI is InChI=1S/C10H14FNO2.ClH/c1-14-10-3-2-7(6-8(10)11)9(12)4-5-13;/h2-3,6,9,13H,4-5,12H2,1H3;1H. The van der Waals surface area contributed by atoms with E-state index in [0.29, 0.717) is 12.0 Å². The van der Waals surface area contributed by atoms with Gasteiger partial charge in [0.25, 0.3) is 0 Å². The summed E-state index contributed by atoms with van der Waals surface area (Å²) in [5.74, 6) is -0.233. The summed E-state index contributed by atoms with van der Waals surface area (Å²) in [5.41, 5.74) is 6.36. The van der Waals surface area contributed by atoms with Crippen LogP contribution in [0.2, 0.25) is 0 Å². The third-order valence-corrected chi connectivity index (χ3v) is 2.04. The second kappa shape index (κ2) is 6.61. The fourth-order valence-corrected chi connectivity index (χ4v) is 1.22. The van der Waals surface area contributed by atoms with Gasteiger partial charge in [0.2, 0.25) is 0 Å². The van der Waals surface area contributed by atoms with Gasteiger partial charge in [0.05, 0.1) is 7.11 Å². The fourth-order valence-electron chi connectivity index (χ4n) is 1.22. The largest absolute Gasteiger partial charge is 0.494 e. The van der Waals surface area contributed by atoms with Gasteiger partial charge in [-0.2, -0.15) is 0 Å². The molecular formula is C10H15ClFNO2. The highest BCUT2D eigenvalue weighted by atomic mass is 35.5. The van der Waals surface area contributed by atoms with E-state index in [1.165, 1.54) is 19.2 Å². The Morgan fingerprint density at radius 3 is 2.67 bits per heavy atom. The topological polar surface area (TPSA) is 55.5 Å². The SMILES string of the molecule is COc1ccc(C(N)CCO)cc1F.Cl. The lowest BCUT2D eigenvalue weighted by Gasteiger charge is -2.11. The Bertz CT molecular complexity index is 309. The number of hydrogen-bond acceptors (Lipinski definition) is 3. The Labute approximate surface area is 94.5 Å². The number of aliphatic hydroxyl groups excluding tert-OH is 1. The molecule has 3 nitrogen and oxygen atoms in total. The van der Waals surface area contributed by atoms with E-state index in [1.807, 2.05) is 0 Å². The Morgan fingerprint density at radius 1 is 1.53 bits per heavy atom. The summed E-state index contributed by atoms with van der Waals surface area (Å²) in [7, 11) is 1.41. The number of methoxy groups -OCH3 is 1. The molecule has 1 aromatic carbocycles. The van der Waals surface area contributed by atoms with Crippen molar-refractivity contribution in [1.29, 1.82) is 0 Å². The third-order valence-electron chi connectivity index (χ3n) is 2.04. The average Bonchev–Trinajstić information content (AvgIpc) is 2.18. The van der Waals surface area contributed by atoms with Crippen LogP contribution in [0, 0.1) is 5.82 Å². The number of hydrogen-bond donors (Lipinski definition) is 2. The summed E-state index contributed by atoms with van der Waals surface area (Å²) in [5, 5.41) is 8.67. The number of nitrogens with two attached hydrogens (primary N) is 1. The number of rotatable bonds is 4. The van der Waals surface area contributed by atoms with Gasteiger partial charge >= 0.3 is 0 Å². The van der Waals surface area contributed by atoms with Crippen LogP contribution in [0.3, 0.4) is 0 Å². The molecule has 0 bridgehead atoms. The number of ether oxygens (including phenoxy) is 1. The van der Waals surface area contributed by atoms with E-state index < -0.39 is 5.82 Å². The van der Waals surface area contributed by atoms with Crippen molar-refractivity contribution in [3.63, 3.8) is 0 Å². The van der Waals surface area contributed by atoms with Crippen LogP contribution in [0.1, 0.15) is 18.0 Å². The van der Waals surface area contributed by atoms with Crippen LogP contribution in [-0.2, 0) is 0 Å². The van der Waals surface area contributed by atoms with Crippen molar-refractivity contribution in [2.75, 3.05) is 13.7 Å². The summed E-state index contributed by atoms with van der Waals surface area (Å²) in [6.45, 7) is -0.00514. The first-order valence-electron chi connectivity index (χ1n) is 4.39. The molecule has 0 aliphatic carbocycles. The van der Waals surface area contributed by atoms with Crippen LogP contribution in [0.25, 0.3) is 0 Å². The molecule has 0 amide bonds. The van der Waals surface area contributed by atoms with Gasteiger partial charge in [-0.1, -0.05) is 6.07 Å². The molecule has 1 rings (SSSR count). The summed E-state index contributed by atoms with van der Waals surface area (Å²) >= 11 is 0. The van der Waals surface area contributed by atoms with Crippen molar-refractivity contribution in [2.24, 2.45) is 5.73 Å². The molecule has 0 radical (unpaired) electrons. The maximum atomic E-state index is 13.2. The molecule has 86 valence electrons. The zero-order valence-corrected chi connectivity index (χ0v) is 9.26. The van der Waals surface area contributed by atoms with E-state index in [9.17, 15) is 4.39 Å². The van der Waals surface area contributed by atoms with Crippen LogP contribution in [0.4, 0.5) is 4.39 Å². The Kier molecular flexibility index (Phi) is 6.24. The highest BCUT2D eigenvalue weighted by molar-refractivity contribution is 5.85. The highest BCUT2D eigenvalue weighted by Gasteiger charge is 2.09. The quantitative estimate of drug-likeness (QED) is 0.834. The first-order chi connectivity index (χ1) is 6.69. The molecule has 15 heavy (non-hydrogen) atoms. The van der Waals surface area contributed by atoms with Crippen molar-refractivity contribution in [2.45, 2.75) is 12.5 Å². The molecule has 1 atom stereocenters. The van der Waals surface area contributed by atoms with Gasteiger partial charge in [0, 0.05) is 12.6 Å². The molecular weight excluding hydrogens is 221 g/mol. The first kappa shape index (κ1) is 14.2. The lowest BCUT2D eigenvalue weighted by Crippen LogP contribution is -2.12. The highest BCUT2D eigenvalue weighted by Crippen LogP contribution is 2.21. The van der Waals surface area contributed by atoms with Crippen molar-refractivity contribution < 1.29 is 14.2 Å². The molecule has 0 saturated carbocycles. The summed E-state index contributed by atoms with van der Waals surface area (Å²) < 4.78 is 18.0. The van der Waals surface area contributed by atoms with Gasteiger partial charge in [0.1, 0.15) is 0 Å². The molecule has 1 aromatic rings. The summed E-state index contributed by atoms with van der Waals surface area (Å²) in [6.07, 6.45) is 0.422. The second-order valence-corrected chi connectivity index (χ2v) is 3.01. The average molecular weight is 236 g/mol. The maximum Gasteiger partial charge on any atom is 0.165 e. The zero-order chi connectivity index (χ0) is 10.6. The normalized spacial score (nSPS) is 11.7. The maximum absolute atomic E-state index is 13.2. The van der Waals surface area contributed by atoms with Crippen molar-refractivity contribution in [3.05, 3.63) is 29.6 Å². The molecule has 0 heterocycles. The van der Waals surface area contributed by atoms with Crippen LogP contribution in [-0.4, -0.2) is 18.8 Å². The molecule has 3 N–H and O–H groups in total. The molecule has 0 saturated heterocycles. The predicted molar refractivity (Wildman–Crippen MR) is 58.8 cm³/mol. The minimum Gasteiger partial charge on any atom is -0.494 e. The predicted octanol–water partition coefficient (Wildman–Crippen LogP) is 1.64. The van der Waals surface area contributed by atoms with Gasteiger partial charge < -0.3 is 15.6 Å². The summed E-state index contributed by atoms with van der Waals surface area (Å²) in [4.78, 5) is 0. The Balaban J connectivity index is 0.00000196. The molecule has 0 aliphatic rings. The zero-order valence-electron chi connectivity index (χ0n) is 8.44. The molecule has 0 aliphatic heterocycles. The number of aliphatic hydroxyl groups is 1. The van der Waals surface area contributed by atoms with Crippen molar-refractivity contribution in [3.8, 4) is 5.75 Å². The van der Waals surface area contributed by atoms with Gasteiger partial charge in [-0.3, -0.25) is 0 Å². The van der Waals surface area contributed by atoms with E-state index in [4.69, 9.17) is 15.6 Å². The molecule has 0 aromatic heterocycles. The van der Waals surface area contributed by atoms with E-state index in [2.05, 4.69) is 0 Å². The van der Waals surface area contributed by atoms with Crippen molar-refractivity contribution in [1.82, 2.24) is 0 Å². The lowest BCUT2D eigenvalue weighted by atomic mass is 10.0. The van der Waals surface area contributed by atoms with Gasteiger partial charge in [-0.25, -0.2) is 4.39 Å². The molecule has 1 unspecified atom stereocenters. The van der Waals surface area contributed by atoms with Crippen LogP contribution < -0.4 is 10.5 Å². The molecule has 0 fully saturated rings. The number of benzene rings is 1. The first-order valence-corrected chi connectivity index (χ1v) is 4.39. The van der Waals surface area contributed by atoms with Crippen LogP contribution >= 0.6 is 12.4 Å². The monoisotopic (exact) mass is 235 g/mol. The second-order valence-electron chi connectivity index (χ2n) is 3.01. The summed E-state index contributed by atoms with van der Waals surface area (Å²) in [6, 6.07) is 4.23. The number of halogens is 2. The molecule has 5 heteroatoms. The Morgan fingerprint density at radius 2 is 2.20 bits per heavy atom. The fraction of sp³-hybridized carbons (Fsp3) is 0.400. The van der Waals surface area contributed by atoms with Gasteiger partial charge in [-0.05, 0) is 24.1 Å². The van der Waals surface area contributed by atoms with Gasteiger partial charge in [-0.15, -0.1) is 12.4 Å². The van der Waals surface area contributed by atoms with E-state index >= 15 is 0 Å². The molecule has 0 spiro atoms. The smallest absolute Gasteiger partial charge is 0.165 e. The van der Waals surface area contributed by atoms with E-state index in [-0.39, 0.29) is 30.8 Å². The van der Waals surface area contributed by atoms with Crippen LogP contribution in [0.15, 0.2) is 18.2 Å². The van der Waals surface area contributed by atoms with Gasteiger partial charge in [0.15, 0.2) is 11.6 Å². The Hall–Kier alpha value is -0.840. The third kappa shape index (κ3) is 3.66. The lowest BCUT2D eigenvalue weighted by molar-refractivity contribution is 0.276. The van der Waals surface area contributed by atoms with E-state index in [0.717, 1.165) is 0 Å². The van der Waals surface area contributed by atoms with Crippen LogP contribution in [0.5, 0.6) is 5.75 Å². The minimum absolute atomic E-state index is 0. The van der Waals surface area contributed by atoms with E-state index in [1.54, 1.807) is 6.07 Å². The van der Waals surface area contributed by atoms with Crippen molar-refractivity contribution >= 4 is 12.4 Å².